The van der Waals surface area contributed by atoms with Crippen LogP contribution in [0.2, 0.25) is 0 Å². The van der Waals surface area contributed by atoms with Crippen molar-refractivity contribution >= 4 is 27.3 Å². The molecule has 0 unspecified atom stereocenters. The Bertz CT molecular complexity index is 564. The lowest BCUT2D eigenvalue weighted by molar-refractivity contribution is 0.268. The largest absolute Gasteiger partial charge is 0.490 e. The number of halogens is 1. The number of aryl methyl sites for hydroxylation is 2. The Labute approximate surface area is 132 Å². The monoisotopic (exact) mass is 355 g/mol. The summed E-state index contributed by atoms with van der Waals surface area (Å²) in [6, 6.07) is 5.99. The average molecular weight is 356 g/mol. The number of rotatable bonds is 6. The molecule has 0 aliphatic carbocycles. The average Bonchev–Trinajstić information content (AvgIpc) is 2.76. The highest BCUT2D eigenvalue weighted by Gasteiger charge is 2.09. The summed E-state index contributed by atoms with van der Waals surface area (Å²) in [5, 5.41) is 1.80. The summed E-state index contributed by atoms with van der Waals surface area (Å²) < 4.78 is 11.5. The molecule has 2 aromatic rings. The summed E-state index contributed by atoms with van der Waals surface area (Å²) in [5.74, 6) is 1.55. The summed E-state index contributed by atoms with van der Waals surface area (Å²) in [4.78, 5) is 5.72. The van der Waals surface area contributed by atoms with Gasteiger partial charge < -0.3 is 9.47 Å². The standard InChI is InChI=1S/C15H18BrNO2S/c1-4-18-14-7-12(8-16)5-6-13(14)19-9-15-17-10(2)11(3)20-15/h5-7H,4,8-9H2,1-3H3. The molecule has 0 amide bonds. The van der Waals surface area contributed by atoms with Crippen molar-refractivity contribution in [2.75, 3.05) is 6.61 Å². The first-order chi connectivity index (χ1) is 9.63. The van der Waals surface area contributed by atoms with E-state index in [4.69, 9.17) is 9.47 Å². The molecule has 0 N–H and O–H groups in total. The van der Waals surface area contributed by atoms with Crippen LogP contribution in [0.5, 0.6) is 11.5 Å². The number of aromatic nitrogens is 1. The fourth-order valence-corrected chi connectivity index (χ4v) is 2.96. The van der Waals surface area contributed by atoms with Crippen molar-refractivity contribution < 1.29 is 9.47 Å². The molecule has 0 aliphatic rings. The second-order valence-corrected chi connectivity index (χ2v) is 6.23. The van der Waals surface area contributed by atoms with Crippen molar-refractivity contribution in [1.82, 2.24) is 4.98 Å². The molecule has 2 rings (SSSR count). The number of ether oxygens (including phenoxy) is 2. The smallest absolute Gasteiger partial charge is 0.161 e. The predicted molar refractivity (Wildman–Crippen MR) is 86.2 cm³/mol. The van der Waals surface area contributed by atoms with Crippen LogP contribution >= 0.6 is 27.3 Å². The van der Waals surface area contributed by atoms with E-state index < -0.39 is 0 Å². The van der Waals surface area contributed by atoms with Crippen molar-refractivity contribution in [3.8, 4) is 11.5 Å². The molecular formula is C15H18BrNO2S. The Morgan fingerprint density at radius 2 is 2.00 bits per heavy atom. The van der Waals surface area contributed by atoms with Gasteiger partial charge in [0.2, 0.25) is 0 Å². The van der Waals surface area contributed by atoms with Gasteiger partial charge in [0.25, 0.3) is 0 Å². The van der Waals surface area contributed by atoms with E-state index in [0.29, 0.717) is 13.2 Å². The van der Waals surface area contributed by atoms with Crippen molar-refractivity contribution in [2.24, 2.45) is 0 Å². The number of alkyl halides is 1. The first-order valence-corrected chi connectivity index (χ1v) is 8.45. The van der Waals surface area contributed by atoms with Gasteiger partial charge in [-0.05, 0) is 38.5 Å². The van der Waals surface area contributed by atoms with E-state index in [1.54, 1.807) is 11.3 Å². The van der Waals surface area contributed by atoms with Gasteiger partial charge in [-0.25, -0.2) is 4.98 Å². The Hall–Kier alpha value is -1.07. The molecule has 0 atom stereocenters. The Morgan fingerprint density at radius 1 is 1.20 bits per heavy atom. The van der Waals surface area contributed by atoms with Gasteiger partial charge in [0.1, 0.15) is 11.6 Å². The second-order valence-electron chi connectivity index (χ2n) is 4.39. The molecule has 0 radical (unpaired) electrons. The Morgan fingerprint density at radius 3 is 2.60 bits per heavy atom. The summed E-state index contributed by atoms with van der Waals surface area (Å²) in [7, 11) is 0. The van der Waals surface area contributed by atoms with Crippen LogP contribution in [-0.2, 0) is 11.9 Å². The maximum atomic E-state index is 5.85. The zero-order valence-electron chi connectivity index (χ0n) is 11.9. The highest BCUT2D eigenvalue weighted by Crippen LogP contribution is 2.30. The van der Waals surface area contributed by atoms with Crippen LogP contribution in [0, 0.1) is 13.8 Å². The van der Waals surface area contributed by atoms with Gasteiger partial charge in [-0.2, -0.15) is 0 Å². The fourth-order valence-electron chi connectivity index (χ4n) is 1.76. The van der Waals surface area contributed by atoms with Crippen LogP contribution in [0.15, 0.2) is 18.2 Å². The SMILES string of the molecule is CCOc1cc(CBr)ccc1OCc1nc(C)c(C)s1. The van der Waals surface area contributed by atoms with Crippen molar-refractivity contribution in [2.45, 2.75) is 32.7 Å². The zero-order valence-corrected chi connectivity index (χ0v) is 14.3. The predicted octanol–water partition coefficient (Wildman–Crippen LogP) is 4.63. The number of benzene rings is 1. The third kappa shape index (κ3) is 3.73. The molecule has 0 spiro atoms. The van der Waals surface area contributed by atoms with Gasteiger partial charge >= 0.3 is 0 Å². The van der Waals surface area contributed by atoms with Crippen LogP contribution in [0.1, 0.15) is 28.1 Å². The highest BCUT2D eigenvalue weighted by molar-refractivity contribution is 9.08. The molecule has 20 heavy (non-hydrogen) atoms. The molecule has 0 aliphatic heterocycles. The third-order valence-electron chi connectivity index (χ3n) is 2.89. The normalized spacial score (nSPS) is 10.6. The minimum absolute atomic E-state index is 0.479. The Kier molecular flexibility index (Phi) is 5.43. The summed E-state index contributed by atoms with van der Waals surface area (Å²) in [6.07, 6.45) is 0. The van der Waals surface area contributed by atoms with Gasteiger partial charge in [-0.1, -0.05) is 22.0 Å². The highest BCUT2D eigenvalue weighted by atomic mass is 79.9. The van der Waals surface area contributed by atoms with Crippen molar-refractivity contribution in [3.63, 3.8) is 0 Å². The molecular weight excluding hydrogens is 338 g/mol. The maximum Gasteiger partial charge on any atom is 0.161 e. The topological polar surface area (TPSA) is 31.4 Å². The first-order valence-electron chi connectivity index (χ1n) is 6.51. The van der Waals surface area contributed by atoms with Crippen molar-refractivity contribution in [1.29, 1.82) is 0 Å². The lowest BCUT2D eigenvalue weighted by Gasteiger charge is -2.12. The molecule has 0 fully saturated rings. The van der Waals surface area contributed by atoms with Crippen LogP contribution < -0.4 is 9.47 Å². The quantitative estimate of drug-likeness (QED) is 0.707. The van der Waals surface area contributed by atoms with Crippen LogP contribution in [-0.4, -0.2) is 11.6 Å². The lowest BCUT2D eigenvalue weighted by Crippen LogP contribution is -2.00. The molecule has 108 valence electrons. The number of nitrogens with zero attached hydrogens (tertiary/aromatic N) is 1. The third-order valence-corrected chi connectivity index (χ3v) is 4.58. The maximum absolute atomic E-state index is 5.85. The minimum Gasteiger partial charge on any atom is -0.490 e. The van der Waals surface area contributed by atoms with E-state index in [0.717, 1.165) is 27.5 Å². The van der Waals surface area contributed by atoms with Crippen molar-refractivity contribution in [3.05, 3.63) is 39.3 Å². The van der Waals surface area contributed by atoms with Crippen LogP contribution in [0.4, 0.5) is 0 Å². The summed E-state index contributed by atoms with van der Waals surface area (Å²) in [5.41, 5.74) is 2.25. The van der Waals surface area contributed by atoms with Gasteiger partial charge in [0.15, 0.2) is 11.5 Å². The molecule has 0 saturated carbocycles. The van der Waals surface area contributed by atoms with E-state index in [1.807, 2.05) is 32.0 Å². The zero-order chi connectivity index (χ0) is 14.5. The van der Waals surface area contributed by atoms with E-state index in [1.165, 1.54) is 10.4 Å². The summed E-state index contributed by atoms with van der Waals surface area (Å²) >= 11 is 5.13. The molecule has 1 aromatic carbocycles. The molecule has 1 heterocycles. The van der Waals surface area contributed by atoms with E-state index >= 15 is 0 Å². The first kappa shape index (κ1) is 15.3. The molecule has 3 nitrogen and oxygen atoms in total. The van der Waals surface area contributed by atoms with Gasteiger partial charge in [0, 0.05) is 10.2 Å². The lowest BCUT2D eigenvalue weighted by atomic mass is 10.2. The van der Waals surface area contributed by atoms with Crippen LogP contribution in [0.25, 0.3) is 0 Å². The van der Waals surface area contributed by atoms with Gasteiger partial charge in [-0.3, -0.25) is 0 Å². The molecule has 0 saturated heterocycles. The number of thiazole rings is 1. The molecule has 0 bridgehead atoms. The fraction of sp³-hybridized carbons (Fsp3) is 0.400. The van der Waals surface area contributed by atoms with E-state index in [-0.39, 0.29) is 0 Å². The number of hydrogen-bond donors (Lipinski definition) is 0. The van der Waals surface area contributed by atoms with E-state index in [2.05, 4.69) is 27.8 Å². The second kappa shape index (κ2) is 7.09. The minimum atomic E-state index is 0.479. The van der Waals surface area contributed by atoms with Crippen LogP contribution in [0.3, 0.4) is 0 Å². The molecule has 5 heteroatoms. The Balaban J connectivity index is 2.11. The molecule has 1 aromatic heterocycles. The van der Waals surface area contributed by atoms with E-state index in [9.17, 15) is 0 Å². The van der Waals surface area contributed by atoms with Gasteiger partial charge in [-0.15, -0.1) is 11.3 Å². The number of hydrogen-bond acceptors (Lipinski definition) is 4. The van der Waals surface area contributed by atoms with Gasteiger partial charge in [0.05, 0.1) is 12.3 Å². The summed E-state index contributed by atoms with van der Waals surface area (Å²) in [6.45, 7) is 7.17.